The molecular weight excluding hydrogens is 267 g/mol. The number of nitrogens with two attached hydrogens (primary N) is 1. The zero-order valence-electron chi connectivity index (χ0n) is 10.5. The van der Waals surface area contributed by atoms with E-state index < -0.39 is 15.8 Å². The fourth-order valence-electron chi connectivity index (χ4n) is 2.09. The Morgan fingerprint density at radius 2 is 2.16 bits per heavy atom. The summed E-state index contributed by atoms with van der Waals surface area (Å²) in [6.07, 6.45) is 6.93. The van der Waals surface area contributed by atoms with Gasteiger partial charge in [-0.25, -0.2) is 17.5 Å². The Bertz CT molecular complexity index is 584. The number of rotatable bonds is 4. The Labute approximate surface area is 112 Å². The molecule has 1 aromatic rings. The van der Waals surface area contributed by atoms with E-state index in [0.717, 1.165) is 31.4 Å². The van der Waals surface area contributed by atoms with Crippen LogP contribution in [0, 0.1) is 11.7 Å². The lowest BCUT2D eigenvalue weighted by molar-refractivity contribution is 0.468. The monoisotopic (exact) mass is 284 g/mol. The van der Waals surface area contributed by atoms with Crippen molar-refractivity contribution in [3.05, 3.63) is 36.2 Å². The minimum atomic E-state index is -3.75. The maximum absolute atomic E-state index is 13.1. The van der Waals surface area contributed by atoms with E-state index >= 15 is 0 Å². The Morgan fingerprint density at radius 3 is 2.84 bits per heavy atom. The van der Waals surface area contributed by atoms with E-state index in [1.165, 1.54) is 6.07 Å². The van der Waals surface area contributed by atoms with Crippen LogP contribution in [-0.4, -0.2) is 15.0 Å². The number of halogens is 1. The normalized spacial score (nSPS) is 19.5. The molecule has 0 bridgehead atoms. The van der Waals surface area contributed by atoms with Crippen LogP contribution in [0.4, 0.5) is 10.1 Å². The van der Waals surface area contributed by atoms with Gasteiger partial charge in [-0.3, -0.25) is 0 Å². The first-order valence-electron chi connectivity index (χ1n) is 6.19. The van der Waals surface area contributed by atoms with Gasteiger partial charge in [0.1, 0.15) is 10.7 Å². The van der Waals surface area contributed by atoms with Crippen molar-refractivity contribution in [2.45, 2.75) is 24.2 Å². The minimum absolute atomic E-state index is 0.0532. The molecule has 0 saturated heterocycles. The van der Waals surface area contributed by atoms with Crippen LogP contribution in [0.25, 0.3) is 0 Å². The molecular formula is C13H17FN2O2S. The molecule has 1 aliphatic carbocycles. The van der Waals surface area contributed by atoms with Gasteiger partial charge in [-0.05, 0) is 43.4 Å². The summed E-state index contributed by atoms with van der Waals surface area (Å²) in [4.78, 5) is -0.196. The largest absolute Gasteiger partial charge is 0.398 e. The fourth-order valence-corrected chi connectivity index (χ4v) is 3.34. The first-order valence-corrected chi connectivity index (χ1v) is 7.67. The Morgan fingerprint density at radius 1 is 1.37 bits per heavy atom. The number of sulfonamides is 1. The molecule has 0 amide bonds. The SMILES string of the molecule is Nc1ccc(F)cc1S(=O)(=O)NCC1CC=CCC1. The maximum Gasteiger partial charge on any atom is 0.242 e. The number of anilines is 1. The van der Waals surface area contributed by atoms with Crippen molar-refractivity contribution in [1.29, 1.82) is 0 Å². The smallest absolute Gasteiger partial charge is 0.242 e. The molecule has 1 aliphatic rings. The van der Waals surface area contributed by atoms with Gasteiger partial charge in [-0.1, -0.05) is 12.2 Å². The molecule has 2 rings (SSSR count). The van der Waals surface area contributed by atoms with Crippen LogP contribution < -0.4 is 10.5 Å². The van der Waals surface area contributed by atoms with Gasteiger partial charge in [0.15, 0.2) is 0 Å². The molecule has 1 aromatic carbocycles. The summed E-state index contributed by atoms with van der Waals surface area (Å²) in [5.41, 5.74) is 5.64. The molecule has 0 saturated carbocycles. The number of hydrogen-bond donors (Lipinski definition) is 2. The molecule has 0 fully saturated rings. The van der Waals surface area contributed by atoms with Crippen LogP contribution >= 0.6 is 0 Å². The molecule has 104 valence electrons. The average molecular weight is 284 g/mol. The van der Waals surface area contributed by atoms with Crippen molar-refractivity contribution in [3.8, 4) is 0 Å². The molecule has 0 spiro atoms. The molecule has 19 heavy (non-hydrogen) atoms. The highest BCUT2D eigenvalue weighted by atomic mass is 32.2. The van der Waals surface area contributed by atoms with E-state index in [4.69, 9.17) is 5.73 Å². The van der Waals surface area contributed by atoms with Crippen molar-refractivity contribution < 1.29 is 12.8 Å². The van der Waals surface area contributed by atoms with Gasteiger partial charge in [0.05, 0.1) is 5.69 Å². The van der Waals surface area contributed by atoms with Crippen LogP contribution in [0.15, 0.2) is 35.2 Å². The number of allylic oxidation sites excluding steroid dienone is 2. The van der Waals surface area contributed by atoms with E-state index in [1.54, 1.807) is 0 Å². The third-order valence-corrected chi connectivity index (χ3v) is 4.68. The summed E-state index contributed by atoms with van der Waals surface area (Å²) >= 11 is 0. The fraction of sp³-hybridized carbons (Fsp3) is 0.385. The highest BCUT2D eigenvalue weighted by molar-refractivity contribution is 7.89. The Hall–Kier alpha value is -1.40. The zero-order valence-corrected chi connectivity index (χ0v) is 11.3. The molecule has 6 heteroatoms. The second kappa shape index (κ2) is 5.71. The highest BCUT2D eigenvalue weighted by Gasteiger charge is 2.20. The van der Waals surface area contributed by atoms with Crippen molar-refractivity contribution in [3.63, 3.8) is 0 Å². The number of nitrogens with one attached hydrogen (secondary N) is 1. The van der Waals surface area contributed by atoms with Gasteiger partial charge in [0.2, 0.25) is 10.0 Å². The highest BCUT2D eigenvalue weighted by Crippen LogP contribution is 2.21. The molecule has 0 aliphatic heterocycles. The van der Waals surface area contributed by atoms with E-state index in [-0.39, 0.29) is 16.5 Å². The molecule has 0 aromatic heterocycles. The van der Waals surface area contributed by atoms with Crippen molar-refractivity contribution in [1.82, 2.24) is 4.72 Å². The predicted molar refractivity (Wildman–Crippen MR) is 72.5 cm³/mol. The second-order valence-electron chi connectivity index (χ2n) is 4.68. The van der Waals surface area contributed by atoms with Gasteiger partial charge in [0, 0.05) is 6.54 Å². The van der Waals surface area contributed by atoms with Crippen LogP contribution in [-0.2, 0) is 10.0 Å². The molecule has 3 N–H and O–H groups in total. The lowest BCUT2D eigenvalue weighted by atomic mass is 9.95. The molecule has 1 atom stereocenters. The summed E-state index contributed by atoms with van der Waals surface area (Å²) in [5, 5.41) is 0. The molecule has 4 nitrogen and oxygen atoms in total. The van der Waals surface area contributed by atoms with E-state index in [1.807, 2.05) is 0 Å². The maximum atomic E-state index is 13.1. The Kier molecular flexibility index (Phi) is 4.21. The van der Waals surface area contributed by atoms with Crippen LogP contribution in [0.2, 0.25) is 0 Å². The topological polar surface area (TPSA) is 72.2 Å². The van der Waals surface area contributed by atoms with Gasteiger partial charge >= 0.3 is 0 Å². The summed E-state index contributed by atoms with van der Waals surface area (Å²) in [6.45, 7) is 0.350. The summed E-state index contributed by atoms with van der Waals surface area (Å²) in [6, 6.07) is 3.34. The first kappa shape index (κ1) is 14.0. The van der Waals surface area contributed by atoms with Crippen LogP contribution in [0.1, 0.15) is 19.3 Å². The van der Waals surface area contributed by atoms with Gasteiger partial charge in [0.25, 0.3) is 0 Å². The van der Waals surface area contributed by atoms with Crippen molar-refractivity contribution in [2.75, 3.05) is 12.3 Å². The summed E-state index contributed by atoms with van der Waals surface area (Å²) < 4.78 is 39.8. The Balaban J connectivity index is 2.09. The van der Waals surface area contributed by atoms with Gasteiger partial charge < -0.3 is 5.73 Å². The van der Waals surface area contributed by atoms with Crippen LogP contribution in [0.3, 0.4) is 0 Å². The number of benzene rings is 1. The predicted octanol–water partition coefficient (Wildman–Crippen LogP) is 2.04. The third-order valence-electron chi connectivity index (χ3n) is 3.20. The lowest BCUT2D eigenvalue weighted by Crippen LogP contribution is -2.30. The van der Waals surface area contributed by atoms with Gasteiger partial charge in [-0.15, -0.1) is 0 Å². The van der Waals surface area contributed by atoms with E-state index in [9.17, 15) is 12.8 Å². The quantitative estimate of drug-likeness (QED) is 0.656. The summed E-state index contributed by atoms with van der Waals surface area (Å²) in [5.74, 6) is -0.329. The first-order chi connectivity index (χ1) is 8.99. The average Bonchev–Trinajstić information content (AvgIpc) is 2.40. The van der Waals surface area contributed by atoms with Crippen molar-refractivity contribution in [2.24, 2.45) is 5.92 Å². The second-order valence-corrected chi connectivity index (χ2v) is 6.42. The minimum Gasteiger partial charge on any atom is -0.398 e. The molecule has 1 unspecified atom stereocenters. The zero-order chi connectivity index (χ0) is 13.9. The summed E-state index contributed by atoms with van der Waals surface area (Å²) in [7, 11) is -3.75. The van der Waals surface area contributed by atoms with Crippen LogP contribution in [0.5, 0.6) is 0 Å². The number of nitrogen functional groups attached to an aromatic ring is 1. The lowest BCUT2D eigenvalue weighted by Gasteiger charge is -2.18. The van der Waals surface area contributed by atoms with Crippen molar-refractivity contribution >= 4 is 15.7 Å². The molecule has 0 radical (unpaired) electrons. The number of hydrogen-bond acceptors (Lipinski definition) is 3. The van der Waals surface area contributed by atoms with Gasteiger partial charge in [-0.2, -0.15) is 0 Å². The van der Waals surface area contributed by atoms with E-state index in [2.05, 4.69) is 16.9 Å². The molecule has 0 heterocycles. The standard InChI is InChI=1S/C13H17FN2O2S/c14-11-6-7-12(15)13(8-11)19(17,18)16-9-10-4-2-1-3-5-10/h1-2,6-8,10,16H,3-5,9,15H2. The third kappa shape index (κ3) is 3.54. The van der Waals surface area contributed by atoms with E-state index in [0.29, 0.717) is 6.54 Å².